The Kier molecular flexibility index (Phi) is 5.31. The minimum absolute atomic E-state index is 0.147. The van der Waals surface area contributed by atoms with Crippen molar-refractivity contribution in [1.29, 1.82) is 0 Å². The molecule has 0 spiro atoms. The second-order valence-electron chi connectivity index (χ2n) is 1.82. The van der Waals surface area contributed by atoms with Crippen molar-refractivity contribution in [3.8, 4) is 0 Å². The van der Waals surface area contributed by atoms with E-state index < -0.39 is 0 Å². The fourth-order valence-electron chi connectivity index (χ4n) is 0.425. The van der Waals surface area contributed by atoms with Gasteiger partial charge >= 0.3 is 54.1 Å². The van der Waals surface area contributed by atoms with Crippen LogP contribution in [0.2, 0.25) is 0 Å². The Labute approximate surface area is 55.1 Å². The number of carbonyl (C=O) groups is 1. The van der Waals surface area contributed by atoms with E-state index in [0.717, 1.165) is 7.15 Å². The van der Waals surface area contributed by atoms with Crippen molar-refractivity contribution in [2.24, 2.45) is 0 Å². The van der Waals surface area contributed by atoms with E-state index in [9.17, 15) is 9.50 Å². The number of carbonyl (C=O) groups excluding carboxylic acids is 1. The predicted molar refractivity (Wildman–Crippen MR) is 34.6 cm³/mol. The summed E-state index contributed by atoms with van der Waals surface area (Å²) >= 11 is 0. The van der Waals surface area contributed by atoms with E-state index in [2.05, 4.69) is 5.32 Å². The first-order valence-corrected chi connectivity index (χ1v) is 2.91. The summed E-state index contributed by atoms with van der Waals surface area (Å²) in [5.74, 6) is 0.147. The molecular weight excluding hydrogens is 117 g/mol. The van der Waals surface area contributed by atoms with Crippen LogP contribution >= 0.6 is 0 Å². The van der Waals surface area contributed by atoms with E-state index in [1.807, 2.05) is 0 Å². The molecule has 1 N–H and O–H groups in total. The van der Waals surface area contributed by atoms with Crippen LogP contribution in [0.25, 0.3) is 0 Å². The average molecular weight is 127 g/mol. The predicted octanol–water partition coefficient (Wildman–Crippen LogP) is -0.438. The van der Waals surface area contributed by atoms with Crippen molar-refractivity contribution in [2.45, 2.75) is 13.3 Å². The van der Waals surface area contributed by atoms with Gasteiger partial charge < -0.3 is 0 Å². The van der Waals surface area contributed by atoms with Gasteiger partial charge in [0.25, 0.3) is 0 Å². The zero-order valence-electron chi connectivity index (χ0n) is 5.52. The zero-order chi connectivity index (χ0) is 7.11. The van der Waals surface area contributed by atoms with Crippen molar-refractivity contribution in [3.05, 3.63) is 0 Å². The summed E-state index contributed by atoms with van der Waals surface area (Å²) in [6, 6.07) is 0. The number of rotatable bonds is 5. The van der Waals surface area contributed by atoms with Gasteiger partial charge in [-0.05, 0) is 0 Å². The standard InChI is InChI=1S/C5H10BNO2/c1-5(8)2-3-7-4-6-9/h7H,2-4H2,1H3. The van der Waals surface area contributed by atoms with Gasteiger partial charge in [-0.15, -0.1) is 0 Å². The quantitative estimate of drug-likeness (QED) is 0.402. The third-order valence-corrected chi connectivity index (χ3v) is 0.882. The molecule has 3 nitrogen and oxygen atoms in total. The van der Waals surface area contributed by atoms with Crippen molar-refractivity contribution < 1.29 is 9.50 Å². The molecule has 0 unspecified atom stereocenters. The van der Waals surface area contributed by atoms with Gasteiger partial charge in [-0.2, -0.15) is 0 Å². The maximum atomic E-state index is 10.3. The number of hydrogen-bond donors (Lipinski definition) is 1. The Morgan fingerprint density at radius 1 is 1.67 bits per heavy atom. The molecule has 9 heavy (non-hydrogen) atoms. The summed E-state index contributed by atoms with van der Waals surface area (Å²) in [6.45, 7) is 2.14. The van der Waals surface area contributed by atoms with Crippen LogP contribution in [0.3, 0.4) is 0 Å². The number of hydrogen-bond acceptors (Lipinski definition) is 3. The monoisotopic (exact) mass is 127 g/mol. The van der Waals surface area contributed by atoms with E-state index in [1.165, 1.54) is 6.92 Å². The van der Waals surface area contributed by atoms with Crippen LogP contribution in [0.15, 0.2) is 0 Å². The van der Waals surface area contributed by atoms with Crippen molar-refractivity contribution in [3.63, 3.8) is 0 Å². The maximum absolute atomic E-state index is 10.3. The second-order valence-corrected chi connectivity index (χ2v) is 1.82. The van der Waals surface area contributed by atoms with Crippen LogP contribution in [0.1, 0.15) is 13.3 Å². The topological polar surface area (TPSA) is 46.2 Å². The second kappa shape index (κ2) is 5.63. The average Bonchev–Trinajstić information content (AvgIpc) is 1.80. The summed E-state index contributed by atoms with van der Waals surface area (Å²) in [6.07, 6.45) is 0.848. The summed E-state index contributed by atoms with van der Waals surface area (Å²) in [5.41, 5.74) is 0. The van der Waals surface area contributed by atoms with Gasteiger partial charge in [0.15, 0.2) is 0 Å². The van der Waals surface area contributed by atoms with E-state index in [0.29, 0.717) is 19.4 Å². The van der Waals surface area contributed by atoms with Crippen molar-refractivity contribution >= 4 is 12.9 Å². The van der Waals surface area contributed by atoms with Gasteiger partial charge in [0.05, 0.1) is 0 Å². The van der Waals surface area contributed by atoms with Crippen LogP contribution < -0.4 is 5.32 Å². The van der Waals surface area contributed by atoms with Crippen LogP contribution in [-0.2, 0) is 9.50 Å². The summed E-state index contributed by atoms with van der Waals surface area (Å²) in [5, 5.41) is 2.78. The van der Waals surface area contributed by atoms with Gasteiger partial charge in [-0.25, -0.2) is 0 Å². The third-order valence-electron chi connectivity index (χ3n) is 0.882. The van der Waals surface area contributed by atoms with Crippen molar-refractivity contribution in [2.75, 3.05) is 13.0 Å². The summed E-state index contributed by atoms with van der Waals surface area (Å²) in [4.78, 5) is 10.3. The molecule has 0 aromatic heterocycles. The van der Waals surface area contributed by atoms with Crippen LogP contribution in [-0.4, -0.2) is 25.9 Å². The Balaban J connectivity index is 2.91. The molecule has 50 valence electrons. The first-order valence-electron chi connectivity index (χ1n) is 2.91. The molecule has 0 rings (SSSR count). The van der Waals surface area contributed by atoms with Gasteiger partial charge in [-0.1, -0.05) is 0 Å². The molecule has 0 aliphatic heterocycles. The molecule has 4 heteroatoms. The summed E-state index contributed by atoms with van der Waals surface area (Å²) < 4.78 is 9.70. The molecule has 0 amide bonds. The molecule has 0 heterocycles. The van der Waals surface area contributed by atoms with Gasteiger partial charge in [0, 0.05) is 0 Å². The normalized spacial score (nSPS) is 8.56. The fraction of sp³-hybridized carbons (Fsp3) is 0.800. The van der Waals surface area contributed by atoms with Crippen LogP contribution in [0.5, 0.6) is 0 Å². The Hall–Kier alpha value is -0.505. The van der Waals surface area contributed by atoms with E-state index in [-0.39, 0.29) is 5.78 Å². The molecule has 0 fully saturated rings. The Morgan fingerprint density at radius 2 is 2.33 bits per heavy atom. The molecule has 0 aliphatic carbocycles. The zero-order valence-corrected chi connectivity index (χ0v) is 5.52. The molecule has 0 aromatic rings. The van der Waals surface area contributed by atoms with Gasteiger partial charge in [0.2, 0.25) is 0 Å². The molecule has 0 aromatic carbocycles. The Bertz CT molecular complexity index is 105. The molecule has 0 aliphatic rings. The third kappa shape index (κ3) is 7.49. The van der Waals surface area contributed by atoms with Crippen molar-refractivity contribution in [1.82, 2.24) is 5.32 Å². The molecular formula is C5H10BNO2. The summed E-state index contributed by atoms with van der Waals surface area (Å²) in [7, 11) is 0.778. The molecule has 0 saturated heterocycles. The number of ketones is 1. The first kappa shape index (κ1) is 8.49. The first-order chi connectivity index (χ1) is 4.27. The van der Waals surface area contributed by atoms with Crippen LogP contribution in [0.4, 0.5) is 0 Å². The SMILES string of the molecule is CC(=O)CCNCB=O. The number of nitrogens with one attached hydrogen (secondary N) is 1. The number of Topliss-reactive ketones (excluding diaryl/α,β-unsaturated/α-hetero) is 1. The molecule has 0 radical (unpaired) electrons. The fourth-order valence-corrected chi connectivity index (χ4v) is 0.425. The van der Waals surface area contributed by atoms with Crippen LogP contribution in [0, 0.1) is 0 Å². The van der Waals surface area contributed by atoms with E-state index in [4.69, 9.17) is 0 Å². The Morgan fingerprint density at radius 3 is 2.78 bits per heavy atom. The van der Waals surface area contributed by atoms with Gasteiger partial charge in [-0.3, -0.25) is 0 Å². The van der Waals surface area contributed by atoms with E-state index in [1.54, 1.807) is 0 Å². The molecule has 0 bridgehead atoms. The minimum atomic E-state index is 0.147. The molecule has 0 saturated carbocycles. The molecule has 0 atom stereocenters. The van der Waals surface area contributed by atoms with Gasteiger partial charge in [0.1, 0.15) is 0 Å². The van der Waals surface area contributed by atoms with E-state index >= 15 is 0 Å².